The molecule has 2 heterocycles. The van der Waals surface area contributed by atoms with Gasteiger partial charge in [0.25, 0.3) is 0 Å². The molecule has 3 atom stereocenters. The maximum atomic E-state index is 15.7. The standard InChI is InChI=1S/C35H45F3N4O5/c1-34(2,3)47-33(44)41-17-24(28(38)19-41)18-42(30(43)21-45-6)31(35(4,5)22-46-7)32-39-29(26-15-25(36)13-14-27(26)37)20-40(32)16-23-11-9-8-10-12-23/h8-15,20,24,28,31H,16-19,21-22H2,1-7H3. The number of methoxy groups -OCH3 is 2. The van der Waals surface area contributed by atoms with Crippen molar-refractivity contribution in [3.63, 3.8) is 0 Å². The third-order valence-electron chi connectivity index (χ3n) is 8.05. The number of rotatable bonds is 12. The van der Waals surface area contributed by atoms with Gasteiger partial charge in [-0.15, -0.1) is 0 Å². The van der Waals surface area contributed by atoms with Crippen molar-refractivity contribution >= 4 is 12.0 Å². The topological polar surface area (TPSA) is 86.1 Å². The Morgan fingerprint density at radius 3 is 2.36 bits per heavy atom. The number of amides is 2. The molecule has 9 nitrogen and oxygen atoms in total. The van der Waals surface area contributed by atoms with Crippen LogP contribution in [0.25, 0.3) is 11.3 Å². The maximum Gasteiger partial charge on any atom is 0.410 e. The first-order valence-electron chi connectivity index (χ1n) is 15.6. The first-order chi connectivity index (χ1) is 22.1. The number of hydrogen-bond donors (Lipinski definition) is 0. The zero-order valence-electron chi connectivity index (χ0n) is 28.1. The van der Waals surface area contributed by atoms with Gasteiger partial charge < -0.3 is 28.6 Å². The van der Waals surface area contributed by atoms with Gasteiger partial charge in [0, 0.05) is 56.9 Å². The minimum absolute atomic E-state index is 0.0302. The fraction of sp³-hybridized carbons (Fsp3) is 0.514. The largest absolute Gasteiger partial charge is 0.444 e. The average molecular weight is 659 g/mol. The fourth-order valence-electron chi connectivity index (χ4n) is 6.03. The highest BCUT2D eigenvalue weighted by molar-refractivity contribution is 5.78. The van der Waals surface area contributed by atoms with Crippen LogP contribution in [0.2, 0.25) is 0 Å². The summed E-state index contributed by atoms with van der Waals surface area (Å²) in [4.78, 5) is 34.5. The molecule has 0 radical (unpaired) electrons. The Hall–Kier alpha value is -3.90. The number of carbonyl (C=O) groups is 2. The van der Waals surface area contributed by atoms with Crippen LogP contribution in [0.5, 0.6) is 0 Å². The summed E-state index contributed by atoms with van der Waals surface area (Å²) in [5.41, 5.74) is -0.548. The second-order valence-corrected chi connectivity index (χ2v) is 13.7. The van der Waals surface area contributed by atoms with E-state index in [1.807, 2.05) is 44.2 Å². The molecular formula is C35H45F3N4O5. The van der Waals surface area contributed by atoms with Gasteiger partial charge in [0.05, 0.1) is 24.9 Å². The molecule has 1 aliphatic heterocycles. The number of aromatic nitrogens is 2. The molecule has 0 N–H and O–H groups in total. The van der Waals surface area contributed by atoms with Crippen molar-refractivity contribution in [3.8, 4) is 11.3 Å². The molecule has 256 valence electrons. The van der Waals surface area contributed by atoms with Crippen LogP contribution >= 0.6 is 0 Å². The summed E-state index contributed by atoms with van der Waals surface area (Å²) in [7, 11) is 2.93. The maximum absolute atomic E-state index is 15.7. The Morgan fingerprint density at radius 2 is 1.72 bits per heavy atom. The molecule has 1 fully saturated rings. The molecule has 1 saturated heterocycles. The van der Waals surface area contributed by atoms with Gasteiger partial charge in [-0.25, -0.2) is 22.9 Å². The van der Waals surface area contributed by atoms with Crippen molar-refractivity contribution in [1.82, 2.24) is 19.4 Å². The minimum atomic E-state index is -1.44. The number of imidazole rings is 1. The summed E-state index contributed by atoms with van der Waals surface area (Å²) in [5.74, 6) is -2.09. The average Bonchev–Trinajstić information content (AvgIpc) is 3.56. The molecular weight excluding hydrogens is 613 g/mol. The Balaban J connectivity index is 1.84. The number of nitrogens with zero attached hydrogens (tertiary/aromatic N) is 4. The summed E-state index contributed by atoms with van der Waals surface area (Å²) in [6.07, 6.45) is -0.436. The highest BCUT2D eigenvalue weighted by Crippen LogP contribution is 2.41. The van der Waals surface area contributed by atoms with E-state index in [1.54, 1.807) is 31.5 Å². The van der Waals surface area contributed by atoms with Gasteiger partial charge in [0.1, 0.15) is 35.8 Å². The lowest BCUT2D eigenvalue weighted by atomic mass is 9.82. The predicted molar refractivity (Wildman–Crippen MR) is 171 cm³/mol. The zero-order chi connectivity index (χ0) is 34.5. The van der Waals surface area contributed by atoms with E-state index in [0.29, 0.717) is 12.4 Å². The first kappa shape index (κ1) is 35.9. The number of hydrogen-bond acceptors (Lipinski definition) is 6. The van der Waals surface area contributed by atoms with E-state index >= 15 is 8.78 Å². The summed E-state index contributed by atoms with van der Waals surface area (Å²) in [6.45, 7) is 8.94. The van der Waals surface area contributed by atoms with Crippen molar-refractivity contribution in [1.29, 1.82) is 0 Å². The molecule has 2 amide bonds. The van der Waals surface area contributed by atoms with E-state index in [1.165, 1.54) is 24.0 Å². The molecule has 2 aromatic carbocycles. The number of likely N-dealkylation sites (tertiary alicyclic amines) is 1. The zero-order valence-corrected chi connectivity index (χ0v) is 28.1. The second-order valence-electron chi connectivity index (χ2n) is 13.7. The molecule has 47 heavy (non-hydrogen) atoms. The minimum Gasteiger partial charge on any atom is -0.444 e. The van der Waals surface area contributed by atoms with Crippen molar-refractivity contribution in [3.05, 3.63) is 77.8 Å². The Morgan fingerprint density at radius 1 is 1.02 bits per heavy atom. The van der Waals surface area contributed by atoms with E-state index in [9.17, 15) is 14.0 Å². The van der Waals surface area contributed by atoms with E-state index in [0.717, 1.165) is 23.8 Å². The Labute approximate surface area is 274 Å². The lowest BCUT2D eigenvalue weighted by Crippen LogP contribution is -2.49. The molecule has 0 bridgehead atoms. The summed E-state index contributed by atoms with van der Waals surface area (Å²) in [6, 6.07) is 11.8. The monoisotopic (exact) mass is 658 g/mol. The van der Waals surface area contributed by atoms with E-state index in [2.05, 4.69) is 0 Å². The van der Waals surface area contributed by atoms with E-state index in [4.69, 9.17) is 19.2 Å². The van der Waals surface area contributed by atoms with Gasteiger partial charge in [-0.05, 0) is 44.5 Å². The van der Waals surface area contributed by atoms with Crippen molar-refractivity contribution < 1.29 is 37.0 Å². The van der Waals surface area contributed by atoms with Crippen LogP contribution in [0.1, 0.15) is 52.0 Å². The predicted octanol–water partition coefficient (Wildman–Crippen LogP) is 6.27. The highest BCUT2D eigenvalue weighted by Gasteiger charge is 2.45. The number of halogens is 3. The van der Waals surface area contributed by atoms with Gasteiger partial charge in [-0.1, -0.05) is 44.2 Å². The Kier molecular flexibility index (Phi) is 11.4. The third kappa shape index (κ3) is 8.92. The first-order valence-corrected chi connectivity index (χ1v) is 15.6. The lowest BCUT2D eigenvalue weighted by molar-refractivity contribution is -0.143. The second kappa shape index (κ2) is 14.9. The van der Waals surface area contributed by atoms with Crippen LogP contribution in [-0.4, -0.2) is 90.2 Å². The molecule has 3 aromatic rings. The Bertz CT molecular complexity index is 1530. The molecule has 1 aliphatic rings. The van der Waals surface area contributed by atoms with Crippen LogP contribution in [0.15, 0.2) is 54.7 Å². The molecule has 0 aliphatic carbocycles. The van der Waals surface area contributed by atoms with Crippen molar-refractivity contribution in [2.45, 2.75) is 59.0 Å². The summed E-state index contributed by atoms with van der Waals surface area (Å²) < 4.78 is 63.3. The lowest BCUT2D eigenvalue weighted by Gasteiger charge is -2.42. The summed E-state index contributed by atoms with van der Waals surface area (Å²) in [5, 5.41) is 0. The highest BCUT2D eigenvalue weighted by atomic mass is 19.1. The van der Waals surface area contributed by atoms with E-state index in [-0.39, 0.29) is 44.1 Å². The smallest absolute Gasteiger partial charge is 0.410 e. The van der Waals surface area contributed by atoms with Gasteiger partial charge in [-0.2, -0.15) is 0 Å². The number of carbonyl (C=O) groups excluding carboxylic acids is 2. The quantitative estimate of drug-likeness (QED) is 0.228. The molecule has 0 saturated carbocycles. The third-order valence-corrected chi connectivity index (χ3v) is 8.05. The van der Waals surface area contributed by atoms with Gasteiger partial charge >= 0.3 is 6.09 Å². The van der Waals surface area contributed by atoms with Gasteiger partial charge in [0.15, 0.2) is 0 Å². The van der Waals surface area contributed by atoms with Gasteiger partial charge in [-0.3, -0.25) is 4.79 Å². The molecule has 4 rings (SSSR count). The molecule has 0 spiro atoms. The molecule has 12 heteroatoms. The SMILES string of the molecule is COCC(=O)N(CC1CN(C(=O)OC(C)(C)C)CC1F)C(c1nc(-c2cc(F)ccc2F)cn1Cc1ccccc1)C(C)(C)COC. The molecule has 1 aromatic heterocycles. The van der Waals surface area contributed by atoms with Crippen LogP contribution in [0.4, 0.5) is 18.0 Å². The number of ether oxygens (including phenoxy) is 3. The van der Waals surface area contributed by atoms with Crippen LogP contribution < -0.4 is 0 Å². The molecule has 3 unspecified atom stereocenters. The summed E-state index contributed by atoms with van der Waals surface area (Å²) >= 11 is 0. The van der Waals surface area contributed by atoms with Crippen LogP contribution in [-0.2, 0) is 25.5 Å². The van der Waals surface area contributed by atoms with Gasteiger partial charge in [0.2, 0.25) is 5.91 Å². The van der Waals surface area contributed by atoms with E-state index < -0.39 is 52.8 Å². The number of benzene rings is 2. The van der Waals surface area contributed by atoms with Crippen LogP contribution in [0, 0.1) is 23.0 Å². The van der Waals surface area contributed by atoms with Crippen molar-refractivity contribution in [2.24, 2.45) is 11.3 Å². The van der Waals surface area contributed by atoms with Crippen LogP contribution in [0.3, 0.4) is 0 Å². The fourth-order valence-corrected chi connectivity index (χ4v) is 6.03. The van der Waals surface area contributed by atoms with Crippen molar-refractivity contribution in [2.75, 3.05) is 47.1 Å². The number of alkyl halides is 1. The normalized spacial score (nSPS) is 17.5.